The van der Waals surface area contributed by atoms with Crippen molar-refractivity contribution >= 4 is 15.8 Å². The molecular weight excluding hydrogens is 372 g/mol. The van der Waals surface area contributed by atoms with Crippen LogP contribution in [0.5, 0.6) is 0 Å². The van der Waals surface area contributed by atoms with E-state index in [0.29, 0.717) is 19.6 Å². The van der Waals surface area contributed by atoms with E-state index < -0.39 is 14.6 Å². The van der Waals surface area contributed by atoms with Crippen LogP contribution in [-0.4, -0.2) is 73.9 Å². The summed E-state index contributed by atoms with van der Waals surface area (Å²) in [6.07, 6.45) is 2.48. The number of sulfone groups is 1. The molecule has 0 spiro atoms. The molecule has 7 heteroatoms. The van der Waals surface area contributed by atoms with Gasteiger partial charge in [-0.1, -0.05) is 30.3 Å². The van der Waals surface area contributed by atoms with Gasteiger partial charge in [0.2, 0.25) is 0 Å². The van der Waals surface area contributed by atoms with Crippen LogP contribution in [-0.2, 0) is 9.84 Å². The fourth-order valence-corrected chi connectivity index (χ4v) is 5.45. The number of likely N-dealkylation sites (tertiary alicyclic amines) is 1. The number of hydrogen-bond donors (Lipinski definition) is 1. The Kier molecular flexibility index (Phi) is 6.65. The molecule has 0 bridgehead atoms. The van der Waals surface area contributed by atoms with Crippen molar-refractivity contribution in [3.05, 3.63) is 35.9 Å². The molecule has 28 heavy (non-hydrogen) atoms. The lowest BCUT2D eigenvalue weighted by molar-refractivity contribution is 0.250. The molecule has 0 aromatic heterocycles. The first kappa shape index (κ1) is 21.1. The first-order valence-electron chi connectivity index (χ1n) is 10.4. The van der Waals surface area contributed by atoms with Crippen molar-refractivity contribution in [1.29, 1.82) is 0 Å². The summed E-state index contributed by atoms with van der Waals surface area (Å²) in [5.74, 6) is 1.00. The molecule has 0 radical (unpaired) electrons. The van der Waals surface area contributed by atoms with E-state index in [4.69, 9.17) is 4.99 Å². The van der Waals surface area contributed by atoms with Gasteiger partial charge in [-0.05, 0) is 52.3 Å². The molecule has 0 amide bonds. The fraction of sp³-hybridized carbons (Fsp3) is 0.667. The fourth-order valence-electron chi connectivity index (χ4n) is 4.08. The lowest BCUT2D eigenvalue weighted by Gasteiger charge is -2.39. The van der Waals surface area contributed by atoms with E-state index in [0.717, 1.165) is 25.6 Å². The van der Waals surface area contributed by atoms with Gasteiger partial charge in [-0.2, -0.15) is 0 Å². The minimum absolute atomic E-state index is 0.179. The summed E-state index contributed by atoms with van der Waals surface area (Å²) >= 11 is 0. The highest BCUT2D eigenvalue weighted by molar-refractivity contribution is 7.92. The Morgan fingerprint density at radius 2 is 1.86 bits per heavy atom. The zero-order chi connectivity index (χ0) is 20.2. The number of hydrogen-bond acceptors (Lipinski definition) is 4. The molecule has 1 N–H and O–H groups in total. The van der Waals surface area contributed by atoms with Crippen LogP contribution in [0.25, 0.3) is 0 Å². The van der Waals surface area contributed by atoms with Crippen molar-refractivity contribution in [2.45, 2.75) is 44.4 Å². The molecule has 156 valence electrons. The minimum atomic E-state index is -3.06. The maximum absolute atomic E-state index is 12.4. The Labute approximate surface area is 169 Å². The van der Waals surface area contributed by atoms with Gasteiger partial charge in [0.05, 0.1) is 23.1 Å². The van der Waals surface area contributed by atoms with Crippen LogP contribution in [0.4, 0.5) is 0 Å². The van der Waals surface area contributed by atoms with Crippen LogP contribution in [0.15, 0.2) is 35.3 Å². The lowest BCUT2D eigenvalue weighted by Crippen LogP contribution is -2.57. The Balaban J connectivity index is 1.80. The maximum atomic E-state index is 12.4. The topological polar surface area (TPSA) is 65.0 Å². The van der Waals surface area contributed by atoms with Gasteiger partial charge in [0, 0.05) is 19.6 Å². The van der Waals surface area contributed by atoms with Crippen LogP contribution in [0, 0.1) is 0 Å². The third-order valence-electron chi connectivity index (χ3n) is 5.86. The number of rotatable bonds is 5. The SMILES string of the molecule is CCNC(=NCC(c1ccccc1)N1CCCC1)N1CCS(=O)(=O)C(C)(C)C1. The highest BCUT2D eigenvalue weighted by atomic mass is 32.2. The number of aliphatic imine (C=N–C) groups is 1. The molecule has 2 aliphatic heterocycles. The zero-order valence-corrected chi connectivity index (χ0v) is 18.2. The van der Waals surface area contributed by atoms with E-state index >= 15 is 0 Å². The van der Waals surface area contributed by atoms with Gasteiger partial charge in [0.25, 0.3) is 0 Å². The molecule has 1 unspecified atom stereocenters. The number of benzene rings is 1. The average molecular weight is 407 g/mol. The summed E-state index contributed by atoms with van der Waals surface area (Å²) in [7, 11) is -3.06. The molecule has 1 aromatic rings. The van der Waals surface area contributed by atoms with Crippen molar-refractivity contribution < 1.29 is 8.42 Å². The monoisotopic (exact) mass is 406 g/mol. The van der Waals surface area contributed by atoms with Crippen LogP contribution in [0.3, 0.4) is 0 Å². The Bertz CT molecular complexity index is 771. The van der Waals surface area contributed by atoms with Gasteiger partial charge in [0.15, 0.2) is 15.8 Å². The van der Waals surface area contributed by atoms with Crippen molar-refractivity contribution in [1.82, 2.24) is 15.1 Å². The number of nitrogens with one attached hydrogen (secondary N) is 1. The molecule has 2 saturated heterocycles. The van der Waals surface area contributed by atoms with Crippen molar-refractivity contribution in [2.75, 3.05) is 45.0 Å². The molecular formula is C21H34N4O2S. The first-order valence-corrected chi connectivity index (χ1v) is 12.0. The summed E-state index contributed by atoms with van der Waals surface area (Å²) in [5.41, 5.74) is 1.30. The van der Waals surface area contributed by atoms with E-state index in [1.165, 1.54) is 18.4 Å². The van der Waals surface area contributed by atoms with E-state index in [1.807, 2.05) is 19.9 Å². The Hall–Kier alpha value is -1.60. The number of guanidine groups is 1. The lowest BCUT2D eigenvalue weighted by atomic mass is 10.1. The van der Waals surface area contributed by atoms with E-state index in [1.54, 1.807) is 0 Å². The molecule has 1 aromatic carbocycles. The predicted octanol–water partition coefficient (Wildman–Crippen LogP) is 2.30. The van der Waals surface area contributed by atoms with Gasteiger partial charge in [-0.3, -0.25) is 9.89 Å². The van der Waals surface area contributed by atoms with Crippen LogP contribution < -0.4 is 5.32 Å². The molecule has 6 nitrogen and oxygen atoms in total. The molecule has 1 atom stereocenters. The summed E-state index contributed by atoms with van der Waals surface area (Å²) in [4.78, 5) is 9.60. The average Bonchev–Trinajstić information content (AvgIpc) is 3.19. The highest BCUT2D eigenvalue weighted by Crippen LogP contribution is 2.26. The maximum Gasteiger partial charge on any atom is 0.194 e. The van der Waals surface area contributed by atoms with E-state index in [9.17, 15) is 8.42 Å². The normalized spacial score (nSPS) is 23.5. The van der Waals surface area contributed by atoms with Crippen molar-refractivity contribution in [3.8, 4) is 0 Å². The van der Waals surface area contributed by atoms with Crippen LogP contribution >= 0.6 is 0 Å². The van der Waals surface area contributed by atoms with E-state index in [2.05, 4.69) is 46.3 Å². The van der Waals surface area contributed by atoms with Crippen molar-refractivity contribution in [2.24, 2.45) is 4.99 Å². The Morgan fingerprint density at radius 1 is 1.18 bits per heavy atom. The molecule has 2 aliphatic rings. The summed E-state index contributed by atoms with van der Waals surface area (Å²) in [5, 5.41) is 3.38. The summed E-state index contributed by atoms with van der Waals surface area (Å²) in [6.45, 7) is 10.3. The second-order valence-corrected chi connectivity index (χ2v) is 11.1. The molecule has 3 rings (SSSR count). The quantitative estimate of drug-likeness (QED) is 0.600. The largest absolute Gasteiger partial charge is 0.357 e. The van der Waals surface area contributed by atoms with Gasteiger partial charge in [-0.15, -0.1) is 0 Å². The van der Waals surface area contributed by atoms with Gasteiger partial charge < -0.3 is 10.2 Å². The van der Waals surface area contributed by atoms with Crippen LogP contribution in [0.2, 0.25) is 0 Å². The smallest absolute Gasteiger partial charge is 0.194 e. The molecule has 0 aliphatic carbocycles. The van der Waals surface area contributed by atoms with Gasteiger partial charge >= 0.3 is 0 Å². The standard InChI is InChI=1S/C21H34N4O2S/c1-4-22-20(25-14-15-28(26,27)21(2,3)17-25)23-16-19(24-12-8-9-13-24)18-10-6-5-7-11-18/h5-7,10-11,19H,4,8-9,12-17H2,1-3H3,(H,22,23). The predicted molar refractivity (Wildman–Crippen MR) is 115 cm³/mol. The third-order valence-corrected chi connectivity index (χ3v) is 8.39. The molecule has 0 saturated carbocycles. The summed E-state index contributed by atoms with van der Waals surface area (Å²) < 4.78 is 24.0. The zero-order valence-electron chi connectivity index (χ0n) is 17.4. The van der Waals surface area contributed by atoms with Crippen LogP contribution in [0.1, 0.15) is 45.2 Å². The summed E-state index contributed by atoms with van der Waals surface area (Å²) in [6, 6.07) is 10.9. The molecule has 2 heterocycles. The second-order valence-electron chi connectivity index (χ2n) is 8.36. The second kappa shape index (κ2) is 8.82. The van der Waals surface area contributed by atoms with Gasteiger partial charge in [0.1, 0.15) is 0 Å². The number of nitrogens with zero attached hydrogens (tertiary/aromatic N) is 3. The van der Waals surface area contributed by atoms with Gasteiger partial charge in [-0.25, -0.2) is 8.42 Å². The first-order chi connectivity index (χ1) is 13.3. The molecule has 2 fully saturated rings. The Morgan fingerprint density at radius 3 is 2.46 bits per heavy atom. The minimum Gasteiger partial charge on any atom is -0.357 e. The highest BCUT2D eigenvalue weighted by Gasteiger charge is 2.41. The van der Waals surface area contributed by atoms with E-state index in [-0.39, 0.29) is 11.8 Å². The third kappa shape index (κ3) is 4.69. The van der Waals surface area contributed by atoms with Crippen molar-refractivity contribution in [3.63, 3.8) is 0 Å².